The van der Waals surface area contributed by atoms with Crippen LogP contribution < -0.4 is 10.9 Å². The van der Waals surface area contributed by atoms with Gasteiger partial charge in [0.25, 0.3) is 11.6 Å². The van der Waals surface area contributed by atoms with E-state index in [0.717, 1.165) is 22.8 Å². The molecule has 0 fully saturated rings. The lowest BCUT2D eigenvalue weighted by Crippen LogP contribution is -2.42. The van der Waals surface area contributed by atoms with Gasteiger partial charge < -0.3 is 0 Å². The van der Waals surface area contributed by atoms with Crippen molar-refractivity contribution in [2.75, 3.05) is 0 Å². The average molecular weight is 375 g/mol. The Hall–Kier alpha value is -4.00. The van der Waals surface area contributed by atoms with Crippen molar-refractivity contribution in [3.8, 4) is 11.1 Å². The number of non-ortho nitro benzene ring substituents is 1. The Bertz CT molecular complexity index is 1000. The van der Waals surface area contributed by atoms with Gasteiger partial charge in [0.1, 0.15) is 0 Å². The molecule has 7 heteroatoms. The summed E-state index contributed by atoms with van der Waals surface area (Å²) in [5.74, 6) is -1.03. The monoisotopic (exact) mass is 375 g/mol. The van der Waals surface area contributed by atoms with Crippen LogP contribution in [0.3, 0.4) is 0 Å². The quantitative estimate of drug-likeness (QED) is 0.528. The number of nitro groups is 1. The first kappa shape index (κ1) is 18.8. The number of nitro benzene ring substituents is 1. The predicted molar refractivity (Wildman–Crippen MR) is 104 cm³/mol. The Labute approximate surface area is 161 Å². The Kier molecular flexibility index (Phi) is 5.76. The van der Waals surface area contributed by atoms with Crippen LogP contribution in [0.5, 0.6) is 0 Å². The van der Waals surface area contributed by atoms with E-state index in [1.165, 1.54) is 18.2 Å². The average Bonchev–Trinajstić information content (AvgIpc) is 2.73. The van der Waals surface area contributed by atoms with Crippen molar-refractivity contribution in [1.82, 2.24) is 10.9 Å². The summed E-state index contributed by atoms with van der Waals surface area (Å²) >= 11 is 0. The van der Waals surface area contributed by atoms with Gasteiger partial charge in [0.15, 0.2) is 0 Å². The maximum absolute atomic E-state index is 12.0. The minimum atomic E-state index is -0.628. The molecule has 2 N–H and O–H groups in total. The smallest absolute Gasteiger partial charge is 0.270 e. The van der Waals surface area contributed by atoms with E-state index in [2.05, 4.69) is 10.9 Å². The molecule has 0 aliphatic rings. The molecule has 0 aliphatic heterocycles. The molecule has 3 rings (SSSR count). The van der Waals surface area contributed by atoms with E-state index < -0.39 is 16.7 Å². The van der Waals surface area contributed by atoms with Crippen LogP contribution in [0.25, 0.3) is 11.1 Å². The van der Waals surface area contributed by atoms with Crippen LogP contribution in [0.1, 0.15) is 15.9 Å². The fourth-order valence-electron chi connectivity index (χ4n) is 2.63. The molecule has 0 atom stereocenters. The Morgan fingerprint density at radius 3 is 2.18 bits per heavy atom. The van der Waals surface area contributed by atoms with Gasteiger partial charge in [-0.25, -0.2) is 0 Å². The number of rotatable bonds is 5. The van der Waals surface area contributed by atoms with Crippen molar-refractivity contribution in [1.29, 1.82) is 0 Å². The Balaban J connectivity index is 1.55. The standard InChI is InChI=1S/C21H17N3O4/c25-20(22-23-21(26)18-7-4-8-19(14-18)24(27)28)13-15-9-11-17(12-10-15)16-5-2-1-3-6-16/h1-12,14H,13H2,(H,22,25)(H,23,26). The van der Waals surface area contributed by atoms with Gasteiger partial charge in [-0.2, -0.15) is 0 Å². The van der Waals surface area contributed by atoms with E-state index in [-0.39, 0.29) is 17.7 Å². The summed E-state index contributed by atoms with van der Waals surface area (Å²) in [6.07, 6.45) is 0.0876. The molecule has 0 saturated carbocycles. The van der Waals surface area contributed by atoms with E-state index >= 15 is 0 Å². The SMILES string of the molecule is O=C(Cc1ccc(-c2ccccc2)cc1)NNC(=O)c1cccc([N+](=O)[O-])c1. The van der Waals surface area contributed by atoms with Crippen LogP contribution in [0.4, 0.5) is 5.69 Å². The molecule has 0 aliphatic carbocycles. The Morgan fingerprint density at radius 2 is 1.50 bits per heavy atom. The minimum absolute atomic E-state index is 0.0849. The fraction of sp³-hybridized carbons (Fsp3) is 0.0476. The van der Waals surface area contributed by atoms with Gasteiger partial charge in [-0.3, -0.25) is 30.6 Å². The molecule has 140 valence electrons. The highest BCUT2D eigenvalue weighted by molar-refractivity contribution is 5.96. The number of nitrogens with zero attached hydrogens (tertiary/aromatic N) is 1. The first-order valence-electron chi connectivity index (χ1n) is 8.51. The van der Waals surface area contributed by atoms with Crippen molar-refractivity contribution in [2.24, 2.45) is 0 Å². The zero-order valence-electron chi connectivity index (χ0n) is 14.8. The number of hydrogen-bond donors (Lipinski definition) is 2. The van der Waals surface area contributed by atoms with E-state index in [0.29, 0.717) is 0 Å². The van der Waals surface area contributed by atoms with E-state index in [1.54, 1.807) is 0 Å². The van der Waals surface area contributed by atoms with Gasteiger partial charge >= 0.3 is 0 Å². The van der Waals surface area contributed by atoms with Crippen molar-refractivity contribution in [3.63, 3.8) is 0 Å². The molecular weight excluding hydrogens is 358 g/mol. The Morgan fingerprint density at radius 1 is 0.821 bits per heavy atom. The second-order valence-corrected chi connectivity index (χ2v) is 6.05. The first-order chi connectivity index (χ1) is 13.5. The number of hydrogen-bond acceptors (Lipinski definition) is 4. The van der Waals surface area contributed by atoms with Gasteiger partial charge in [-0.05, 0) is 22.8 Å². The maximum Gasteiger partial charge on any atom is 0.270 e. The topological polar surface area (TPSA) is 101 Å². The lowest BCUT2D eigenvalue weighted by molar-refractivity contribution is -0.384. The first-order valence-corrected chi connectivity index (χ1v) is 8.51. The second kappa shape index (κ2) is 8.59. The highest BCUT2D eigenvalue weighted by Crippen LogP contribution is 2.19. The van der Waals surface area contributed by atoms with Gasteiger partial charge in [0.2, 0.25) is 5.91 Å². The summed E-state index contributed by atoms with van der Waals surface area (Å²) in [4.78, 5) is 34.2. The van der Waals surface area contributed by atoms with Crippen LogP contribution in [-0.2, 0) is 11.2 Å². The number of carbonyl (C=O) groups excluding carboxylic acids is 2. The van der Waals surface area contributed by atoms with Crippen LogP contribution in [-0.4, -0.2) is 16.7 Å². The van der Waals surface area contributed by atoms with Gasteiger partial charge in [-0.1, -0.05) is 60.7 Å². The zero-order valence-corrected chi connectivity index (χ0v) is 14.8. The third-order valence-electron chi connectivity index (χ3n) is 4.06. The van der Waals surface area contributed by atoms with E-state index in [4.69, 9.17) is 0 Å². The summed E-state index contributed by atoms with van der Waals surface area (Å²) < 4.78 is 0. The van der Waals surface area contributed by atoms with Gasteiger partial charge in [0, 0.05) is 17.7 Å². The van der Waals surface area contributed by atoms with Crippen LogP contribution in [0.15, 0.2) is 78.9 Å². The molecular formula is C21H17N3O4. The van der Waals surface area contributed by atoms with Crippen LogP contribution >= 0.6 is 0 Å². The molecule has 0 radical (unpaired) electrons. The van der Waals surface area contributed by atoms with Gasteiger partial charge in [0.05, 0.1) is 11.3 Å². The summed E-state index contributed by atoms with van der Waals surface area (Å²) in [6, 6.07) is 22.7. The molecule has 3 aromatic carbocycles. The summed E-state index contributed by atoms with van der Waals surface area (Å²) in [5.41, 5.74) is 7.39. The molecule has 0 unspecified atom stereocenters. The van der Waals surface area contributed by atoms with Gasteiger partial charge in [-0.15, -0.1) is 0 Å². The molecule has 7 nitrogen and oxygen atoms in total. The molecule has 0 heterocycles. The van der Waals surface area contributed by atoms with Crippen LogP contribution in [0.2, 0.25) is 0 Å². The molecule has 0 saturated heterocycles. The zero-order chi connectivity index (χ0) is 19.9. The summed E-state index contributed by atoms with van der Waals surface area (Å²) in [7, 11) is 0. The number of amides is 2. The van der Waals surface area contributed by atoms with E-state index in [1.807, 2.05) is 54.6 Å². The second-order valence-electron chi connectivity index (χ2n) is 6.05. The van der Waals surface area contributed by atoms with Crippen molar-refractivity contribution in [2.45, 2.75) is 6.42 Å². The molecule has 2 amide bonds. The molecule has 0 aromatic heterocycles. The minimum Gasteiger partial charge on any atom is -0.273 e. The lowest BCUT2D eigenvalue weighted by Gasteiger charge is -2.08. The number of benzene rings is 3. The highest BCUT2D eigenvalue weighted by Gasteiger charge is 2.12. The van der Waals surface area contributed by atoms with Crippen LogP contribution in [0, 0.1) is 10.1 Å². The van der Waals surface area contributed by atoms with Crippen molar-refractivity contribution in [3.05, 3.63) is 100 Å². The number of nitrogens with one attached hydrogen (secondary N) is 2. The predicted octanol–water partition coefficient (Wildman–Crippen LogP) is 3.27. The third-order valence-corrected chi connectivity index (χ3v) is 4.06. The molecule has 28 heavy (non-hydrogen) atoms. The highest BCUT2D eigenvalue weighted by atomic mass is 16.6. The third kappa shape index (κ3) is 4.79. The fourth-order valence-corrected chi connectivity index (χ4v) is 2.63. The summed E-state index contributed by atoms with van der Waals surface area (Å²) in [6.45, 7) is 0. The summed E-state index contributed by atoms with van der Waals surface area (Å²) in [5, 5.41) is 10.8. The molecule has 0 bridgehead atoms. The normalized spacial score (nSPS) is 10.1. The number of carbonyl (C=O) groups is 2. The lowest BCUT2D eigenvalue weighted by atomic mass is 10.0. The molecule has 0 spiro atoms. The van der Waals surface area contributed by atoms with E-state index in [9.17, 15) is 19.7 Å². The van der Waals surface area contributed by atoms with Crippen molar-refractivity contribution < 1.29 is 14.5 Å². The number of hydrazine groups is 1. The van der Waals surface area contributed by atoms with Crippen molar-refractivity contribution >= 4 is 17.5 Å². The maximum atomic E-state index is 12.0. The largest absolute Gasteiger partial charge is 0.273 e. The molecule has 3 aromatic rings.